The van der Waals surface area contributed by atoms with Crippen molar-refractivity contribution in [3.8, 4) is 11.4 Å². The third kappa shape index (κ3) is 5.12. The van der Waals surface area contributed by atoms with Crippen molar-refractivity contribution in [2.24, 2.45) is 5.92 Å². The van der Waals surface area contributed by atoms with E-state index in [1.807, 2.05) is 53.8 Å². The number of carbonyl (C=O) groups excluding carboxylic acids is 2. The number of hydrogen-bond donors (Lipinski definition) is 0. The lowest BCUT2D eigenvalue weighted by molar-refractivity contribution is -0.151. The Morgan fingerprint density at radius 2 is 1.93 bits per heavy atom. The van der Waals surface area contributed by atoms with Gasteiger partial charge >= 0.3 is 5.97 Å². The number of carbonyl (C=O) groups is 2. The van der Waals surface area contributed by atoms with E-state index in [0.717, 1.165) is 16.6 Å². The Bertz CT molecular complexity index is 829. The summed E-state index contributed by atoms with van der Waals surface area (Å²) in [5.74, 6) is 0.610. The van der Waals surface area contributed by atoms with Crippen molar-refractivity contribution in [3.63, 3.8) is 0 Å². The van der Waals surface area contributed by atoms with E-state index in [1.54, 1.807) is 13.3 Å². The summed E-state index contributed by atoms with van der Waals surface area (Å²) in [5, 5.41) is 0.492. The fraction of sp³-hybridized carbons (Fsp3) is 0.476. The first-order chi connectivity index (χ1) is 14.0. The van der Waals surface area contributed by atoms with Crippen LogP contribution >= 0.6 is 11.8 Å². The number of rotatable bonds is 7. The van der Waals surface area contributed by atoms with Crippen LogP contribution in [0.1, 0.15) is 26.7 Å². The molecule has 156 valence electrons. The number of esters is 1. The van der Waals surface area contributed by atoms with Crippen LogP contribution in [0.5, 0.6) is 5.75 Å². The summed E-state index contributed by atoms with van der Waals surface area (Å²) in [4.78, 5) is 31.0. The lowest BCUT2D eigenvalue weighted by Crippen LogP contribution is -2.43. The molecule has 3 rings (SSSR count). The highest BCUT2D eigenvalue weighted by atomic mass is 32.2. The Balaban J connectivity index is 1.59. The maximum Gasteiger partial charge on any atom is 0.309 e. The molecule has 7 nitrogen and oxygen atoms in total. The molecule has 1 fully saturated rings. The zero-order valence-corrected chi connectivity index (χ0v) is 17.9. The summed E-state index contributed by atoms with van der Waals surface area (Å²) in [5.41, 5.74) is 0.959. The molecule has 0 radical (unpaired) electrons. The van der Waals surface area contributed by atoms with Gasteiger partial charge in [0.1, 0.15) is 5.75 Å². The van der Waals surface area contributed by atoms with Gasteiger partial charge in [-0.1, -0.05) is 11.8 Å². The van der Waals surface area contributed by atoms with Crippen LogP contribution in [0.4, 0.5) is 0 Å². The van der Waals surface area contributed by atoms with Crippen molar-refractivity contribution in [1.29, 1.82) is 0 Å². The highest BCUT2D eigenvalue weighted by molar-refractivity contribution is 8.00. The summed E-state index contributed by atoms with van der Waals surface area (Å²) in [6.45, 7) is 5.27. The number of piperidine rings is 1. The molecule has 1 saturated heterocycles. The summed E-state index contributed by atoms with van der Waals surface area (Å²) < 4.78 is 12.3. The van der Waals surface area contributed by atoms with Gasteiger partial charge in [0.2, 0.25) is 5.91 Å². The molecule has 1 aliphatic heterocycles. The first kappa shape index (κ1) is 21.2. The first-order valence-electron chi connectivity index (χ1n) is 9.83. The van der Waals surface area contributed by atoms with Crippen LogP contribution in [0.15, 0.2) is 41.8 Å². The van der Waals surface area contributed by atoms with E-state index in [2.05, 4.69) is 4.98 Å². The van der Waals surface area contributed by atoms with Crippen LogP contribution in [-0.4, -0.2) is 58.4 Å². The van der Waals surface area contributed by atoms with Gasteiger partial charge in [-0.15, -0.1) is 0 Å². The van der Waals surface area contributed by atoms with Gasteiger partial charge in [-0.2, -0.15) is 0 Å². The number of ether oxygens (including phenoxy) is 2. The highest BCUT2D eigenvalue weighted by Gasteiger charge is 2.30. The second-order valence-corrected chi connectivity index (χ2v) is 8.20. The Kier molecular flexibility index (Phi) is 7.19. The normalized spacial score (nSPS) is 15.8. The first-order valence-corrected chi connectivity index (χ1v) is 10.7. The molecule has 29 heavy (non-hydrogen) atoms. The van der Waals surface area contributed by atoms with E-state index in [0.29, 0.717) is 32.5 Å². The van der Waals surface area contributed by atoms with Crippen molar-refractivity contribution in [1.82, 2.24) is 14.5 Å². The fourth-order valence-corrected chi connectivity index (χ4v) is 4.35. The number of hydrogen-bond acceptors (Lipinski definition) is 6. The van der Waals surface area contributed by atoms with Crippen molar-refractivity contribution in [3.05, 3.63) is 36.7 Å². The van der Waals surface area contributed by atoms with E-state index < -0.39 is 0 Å². The number of methoxy groups -OCH3 is 1. The van der Waals surface area contributed by atoms with Gasteiger partial charge in [0.05, 0.1) is 24.9 Å². The van der Waals surface area contributed by atoms with Crippen LogP contribution in [0.25, 0.3) is 5.69 Å². The minimum absolute atomic E-state index is 0.0709. The van der Waals surface area contributed by atoms with E-state index in [1.165, 1.54) is 11.8 Å². The maximum atomic E-state index is 12.9. The van der Waals surface area contributed by atoms with E-state index in [-0.39, 0.29) is 23.0 Å². The van der Waals surface area contributed by atoms with Gasteiger partial charge in [0, 0.05) is 31.2 Å². The molecule has 0 bridgehead atoms. The topological polar surface area (TPSA) is 73.7 Å². The summed E-state index contributed by atoms with van der Waals surface area (Å²) in [6.07, 6.45) is 4.92. The second kappa shape index (κ2) is 9.82. The lowest BCUT2D eigenvalue weighted by Gasteiger charge is -2.32. The third-order valence-corrected chi connectivity index (χ3v) is 6.08. The molecule has 2 aromatic rings. The van der Waals surface area contributed by atoms with Gasteiger partial charge < -0.3 is 14.4 Å². The molecule has 8 heteroatoms. The van der Waals surface area contributed by atoms with Gasteiger partial charge in [0.15, 0.2) is 5.16 Å². The van der Waals surface area contributed by atoms with Crippen molar-refractivity contribution >= 4 is 23.6 Å². The Hall–Kier alpha value is -2.48. The largest absolute Gasteiger partial charge is 0.497 e. The molecule has 1 aromatic carbocycles. The van der Waals surface area contributed by atoms with E-state index >= 15 is 0 Å². The molecule has 0 saturated carbocycles. The SMILES string of the molecule is CCOC(=O)C1CCN(C(=O)[C@@H](C)Sc2nccn2-c2ccc(OC)cc2)CC1. The molecule has 0 N–H and O–H groups in total. The average Bonchev–Trinajstić information content (AvgIpc) is 3.21. The Labute approximate surface area is 175 Å². The number of likely N-dealkylation sites (tertiary alicyclic amines) is 1. The molecule has 1 amide bonds. The van der Waals surface area contributed by atoms with Crippen molar-refractivity contribution < 1.29 is 19.1 Å². The molecule has 1 atom stereocenters. The fourth-order valence-electron chi connectivity index (χ4n) is 3.38. The standard InChI is InChI=1S/C21H27N3O4S/c1-4-28-20(26)16-9-12-23(13-10-16)19(25)15(2)29-21-22-11-14-24(21)17-5-7-18(27-3)8-6-17/h5-8,11,14-16H,4,9-10,12-13H2,1-3H3/t15-/m1/s1. The smallest absolute Gasteiger partial charge is 0.309 e. The van der Waals surface area contributed by atoms with Gasteiger partial charge in [-0.05, 0) is 51.0 Å². The zero-order chi connectivity index (χ0) is 20.8. The molecular formula is C21H27N3O4S. The van der Waals surface area contributed by atoms with E-state index in [9.17, 15) is 9.59 Å². The van der Waals surface area contributed by atoms with Crippen molar-refractivity contribution in [2.75, 3.05) is 26.8 Å². The summed E-state index contributed by atoms with van der Waals surface area (Å²) in [6, 6.07) is 7.70. The number of aromatic nitrogens is 2. The summed E-state index contributed by atoms with van der Waals surface area (Å²) in [7, 11) is 1.64. The average molecular weight is 418 g/mol. The minimum Gasteiger partial charge on any atom is -0.497 e. The quantitative estimate of drug-likeness (QED) is 0.509. The van der Waals surface area contributed by atoms with Gasteiger partial charge in [-0.3, -0.25) is 14.2 Å². The molecule has 0 aliphatic carbocycles. The highest BCUT2D eigenvalue weighted by Crippen LogP contribution is 2.28. The number of amides is 1. The van der Waals surface area contributed by atoms with Gasteiger partial charge in [0.25, 0.3) is 0 Å². The minimum atomic E-state index is -0.270. The number of imidazole rings is 1. The summed E-state index contributed by atoms with van der Waals surface area (Å²) >= 11 is 1.44. The predicted molar refractivity (Wildman–Crippen MR) is 111 cm³/mol. The number of nitrogens with zero attached hydrogens (tertiary/aromatic N) is 3. The van der Waals surface area contributed by atoms with Crippen LogP contribution in [0, 0.1) is 5.92 Å². The third-order valence-electron chi connectivity index (χ3n) is 5.01. The van der Waals surface area contributed by atoms with Crippen LogP contribution in [0.3, 0.4) is 0 Å². The lowest BCUT2D eigenvalue weighted by atomic mass is 9.97. The molecule has 0 spiro atoms. The zero-order valence-electron chi connectivity index (χ0n) is 17.0. The maximum absolute atomic E-state index is 12.9. The number of benzene rings is 1. The van der Waals surface area contributed by atoms with Crippen molar-refractivity contribution in [2.45, 2.75) is 37.1 Å². The molecule has 0 unspecified atom stereocenters. The molecule has 1 aromatic heterocycles. The van der Waals surface area contributed by atoms with Crippen LogP contribution < -0.4 is 4.74 Å². The Morgan fingerprint density at radius 1 is 1.24 bits per heavy atom. The molecule has 2 heterocycles. The second-order valence-electron chi connectivity index (χ2n) is 6.89. The molecule has 1 aliphatic rings. The molecular weight excluding hydrogens is 390 g/mol. The monoisotopic (exact) mass is 417 g/mol. The van der Waals surface area contributed by atoms with E-state index in [4.69, 9.17) is 9.47 Å². The number of thioether (sulfide) groups is 1. The van der Waals surface area contributed by atoms with Crippen LogP contribution in [0.2, 0.25) is 0 Å². The Morgan fingerprint density at radius 3 is 2.55 bits per heavy atom. The van der Waals surface area contributed by atoms with Gasteiger partial charge in [-0.25, -0.2) is 4.98 Å². The van der Waals surface area contributed by atoms with Crippen LogP contribution in [-0.2, 0) is 14.3 Å². The predicted octanol–water partition coefficient (Wildman–Crippen LogP) is 3.16.